The number of methoxy groups -OCH3 is 1. The molecule has 0 spiro atoms. The fourth-order valence-electron chi connectivity index (χ4n) is 3.39. The Morgan fingerprint density at radius 1 is 0.913 bits per heavy atom. The Morgan fingerprint density at radius 2 is 1.61 bits per heavy atom. The second-order valence-electron chi connectivity index (χ2n) is 6.76. The predicted molar refractivity (Wildman–Crippen MR) is 98.4 cm³/mol. The molecule has 2 aromatic rings. The van der Waals surface area contributed by atoms with E-state index in [9.17, 15) is 0 Å². The molecule has 0 saturated heterocycles. The number of hydrogen-bond donors (Lipinski definition) is 0. The Bertz CT molecular complexity index is 718. The van der Waals surface area contributed by atoms with Crippen LogP contribution in [0.2, 0.25) is 0 Å². The molecular weight excluding hydrogens is 280 g/mol. The molecule has 0 saturated carbocycles. The van der Waals surface area contributed by atoms with Gasteiger partial charge >= 0.3 is 0 Å². The van der Waals surface area contributed by atoms with Crippen LogP contribution < -0.4 is 4.74 Å². The molecule has 118 valence electrons. The van der Waals surface area contributed by atoms with Gasteiger partial charge in [-0.1, -0.05) is 68.5 Å². The lowest BCUT2D eigenvalue weighted by molar-refractivity contribution is 0.414. The van der Waals surface area contributed by atoms with E-state index in [1.807, 2.05) is 0 Å². The number of hydrogen-bond acceptors (Lipinski definition) is 1. The molecule has 0 amide bonds. The lowest BCUT2D eigenvalue weighted by atomic mass is 9.81. The molecule has 0 heterocycles. The third-order valence-corrected chi connectivity index (χ3v) is 4.67. The van der Waals surface area contributed by atoms with Crippen LogP contribution in [0.4, 0.5) is 0 Å². The summed E-state index contributed by atoms with van der Waals surface area (Å²) >= 11 is 0. The maximum Gasteiger partial charge on any atom is 0.118 e. The summed E-state index contributed by atoms with van der Waals surface area (Å²) in [4.78, 5) is 0. The van der Waals surface area contributed by atoms with Crippen molar-refractivity contribution in [3.8, 4) is 5.75 Å². The molecule has 1 heteroatoms. The van der Waals surface area contributed by atoms with Crippen molar-refractivity contribution in [2.45, 2.75) is 26.7 Å². The van der Waals surface area contributed by atoms with Gasteiger partial charge in [0.15, 0.2) is 0 Å². The molecular formula is C22H24O. The first-order valence-corrected chi connectivity index (χ1v) is 8.21. The van der Waals surface area contributed by atoms with Crippen molar-refractivity contribution in [1.29, 1.82) is 0 Å². The first-order valence-electron chi connectivity index (χ1n) is 8.21. The Hall–Kier alpha value is -2.28. The molecule has 0 atom stereocenters. The molecule has 1 aliphatic carbocycles. The Kier molecular flexibility index (Phi) is 4.38. The maximum atomic E-state index is 5.29. The molecule has 0 bridgehead atoms. The van der Waals surface area contributed by atoms with Crippen LogP contribution in [-0.4, -0.2) is 7.11 Å². The molecule has 0 radical (unpaired) electrons. The first kappa shape index (κ1) is 15.6. The van der Waals surface area contributed by atoms with Crippen molar-refractivity contribution in [2.24, 2.45) is 5.41 Å². The zero-order valence-corrected chi connectivity index (χ0v) is 14.2. The summed E-state index contributed by atoms with van der Waals surface area (Å²) in [6.07, 6.45) is 6.85. The van der Waals surface area contributed by atoms with Gasteiger partial charge in [-0.2, -0.15) is 0 Å². The zero-order valence-electron chi connectivity index (χ0n) is 14.2. The second kappa shape index (κ2) is 6.45. The van der Waals surface area contributed by atoms with Crippen molar-refractivity contribution in [3.63, 3.8) is 0 Å². The highest BCUT2D eigenvalue weighted by Gasteiger charge is 2.32. The fraction of sp³-hybridized carbons (Fsp3) is 0.273. The summed E-state index contributed by atoms with van der Waals surface area (Å²) in [5.74, 6) is 0.909. The van der Waals surface area contributed by atoms with Crippen LogP contribution in [0.3, 0.4) is 0 Å². The van der Waals surface area contributed by atoms with Crippen molar-refractivity contribution in [2.75, 3.05) is 7.11 Å². The summed E-state index contributed by atoms with van der Waals surface area (Å²) in [7, 11) is 1.71. The van der Waals surface area contributed by atoms with Gasteiger partial charge < -0.3 is 4.74 Å². The zero-order chi connectivity index (χ0) is 16.3. The van der Waals surface area contributed by atoms with Crippen molar-refractivity contribution in [3.05, 3.63) is 77.4 Å². The maximum absolute atomic E-state index is 5.29. The molecule has 1 aliphatic rings. The minimum absolute atomic E-state index is 0.213. The topological polar surface area (TPSA) is 9.23 Å². The lowest BCUT2D eigenvalue weighted by Crippen LogP contribution is -2.09. The van der Waals surface area contributed by atoms with Crippen molar-refractivity contribution in [1.82, 2.24) is 0 Å². The van der Waals surface area contributed by atoms with Gasteiger partial charge in [-0.25, -0.2) is 0 Å². The second-order valence-corrected chi connectivity index (χ2v) is 6.76. The predicted octanol–water partition coefficient (Wildman–Crippen LogP) is 5.98. The Labute approximate surface area is 139 Å². The average Bonchev–Trinajstić information content (AvgIpc) is 2.88. The molecule has 3 rings (SSSR count). The van der Waals surface area contributed by atoms with E-state index in [0.717, 1.165) is 12.2 Å². The smallest absolute Gasteiger partial charge is 0.118 e. The fourth-order valence-corrected chi connectivity index (χ4v) is 3.39. The molecule has 0 aromatic heterocycles. The highest BCUT2D eigenvalue weighted by atomic mass is 16.5. The number of allylic oxidation sites excluding steroid dienone is 3. The van der Waals surface area contributed by atoms with Crippen LogP contribution in [0.1, 0.15) is 37.8 Å². The van der Waals surface area contributed by atoms with Gasteiger partial charge in [0.25, 0.3) is 0 Å². The summed E-state index contributed by atoms with van der Waals surface area (Å²) in [5.41, 5.74) is 5.68. The summed E-state index contributed by atoms with van der Waals surface area (Å²) in [5, 5.41) is 0. The van der Waals surface area contributed by atoms with Crippen LogP contribution in [0.5, 0.6) is 5.75 Å². The summed E-state index contributed by atoms with van der Waals surface area (Å²) in [6, 6.07) is 19.0. The first-order chi connectivity index (χ1) is 11.1. The van der Waals surface area contributed by atoms with E-state index in [1.165, 1.54) is 28.7 Å². The summed E-state index contributed by atoms with van der Waals surface area (Å²) < 4.78 is 5.29. The van der Waals surface area contributed by atoms with Gasteiger partial charge in [0.1, 0.15) is 5.75 Å². The van der Waals surface area contributed by atoms with Crippen LogP contribution in [0.15, 0.2) is 66.2 Å². The number of ether oxygens (including phenoxy) is 1. The minimum Gasteiger partial charge on any atom is -0.497 e. The van der Waals surface area contributed by atoms with E-state index in [-0.39, 0.29) is 5.41 Å². The normalized spacial score (nSPS) is 17.0. The molecule has 0 fully saturated rings. The van der Waals surface area contributed by atoms with E-state index >= 15 is 0 Å². The van der Waals surface area contributed by atoms with Crippen molar-refractivity contribution >= 4 is 11.6 Å². The molecule has 0 N–H and O–H groups in total. The molecule has 0 unspecified atom stereocenters. The Morgan fingerprint density at radius 3 is 2.26 bits per heavy atom. The van der Waals surface area contributed by atoms with Crippen LogP contribution >= 0.6 is 0 Å². The van der Waals surface area contributed by atoms with Gasteiger partial charge in [0.2, 0.25) is 0 Å². The molecule has 0 aliphatic heterocycles. The molecule has 1 nitrogen and oxygen atoms in total. The van der Waals surface area contributed by atoms with E-state index in [2.05, 4.69) is 80.6 Å². The summed E-state index contributed by atoms with van der Waals surface area (Å²) in [6.45, 7) is 4.69. The highest BCUT2D eigenvalue weighted by molar-refractivity contribution is 5.78. The van der Waals surface area contributed by atoms with E-state index in [4.69, 9.17) is 4.74 Å². The molecule has 2 aromatic carbocycles. The van der Waals surface area contributed by atoms with E-state index in [1.54, 1.807) is 7.11 Å². The quantitative estimate of drug-likeness (QED) is 0.675. The number of rotatable bonds is 4. The third-order valence-electron chi connectivity index (χ3n) is 4.67. The number of benzene rings is 2. The van der Waals surface area contributed by atoms with Crippen molar-refractivity contribution < 1.29 is 4.74 Å². The standard InChI is InChI=1S/C22H24O/c1-22(2)16-15-19(10-9-17-7-5-4-6-8-17)21(22)18-11-13-20(23-3)14-12-18/h4-14H,15-16H2,1-3H3/b10-9+. The van der Waals surface area contributed by atoms with Gasteiger partial charge in [-0.05, 0) is 52.7 Å². The van der Waals surface area contributed by atoms with Gasteiger partial charge in [0.05, 0.1) is 7.11 Å². The van der Waals surface area contributed by atoms with Gasteiger partial charge in [0, 0.05) is 0 Å². The van der Waals surface area contributed by atoms with E-state index in [0.29, 0.717) is 0 Å². The SMILES string of the molecule is COc1ccc(C2=C(/C=C/c3ccccc3)CCC2(C)C)cc1. The average molecular weight is 304 g/mol. The minimum atomic E-state index is 0.213. The van der Waals surface area contributed by atoms with Crippen LogP contribution in [0.25, 0.3) is 11.6 Å². The molecule has 23 heavy (non-hydrogen) atoms. The third kappa shape index (κ3) is 3.39. The lowest BCUT2D eigenvalue weighted by Gasteiger charge is -2.23. The van der Waals surface area contributed by atoms with E-state index < -0.39 is 0 Å². The Balaban J connectivity index is 1.98. The highest BCUT2D eigenvalue weighted by Crippen LogP contribution is 2.48. The van der Waals surface area contributed by atoms with Gasteiger partial charge in [-0.3, -0.25) is 0 Å². The monoisotopic (exact) mass is 304 g/mol. The largest absolute Gasteiger partial charge is 0.497 e. The van der Waals surface area contributed by atoms with Crippen LogP contribution in [0, 0.1) is 5.41 Å². The van der Waals surface area contributed by atoms with Gasteiger partial charge in [-0.15, -0.1) is 0 Å². The van der Waals surface area contributed by atoms with Crippen LogP contribution in [-0.2, 0) is 0 Å².